The van der Waals surface area contributed by atoms with Crippen molar-refractivity contribution in [1.29, 1.82) is 0 Å². The number of carbonyl (C=O) groups is 1. The lowest BCUT2D eigenvalue weighted by Gasteiger charge is -2.07. The van der Waals surface area contributed by atoms with E-state index in [-0.39, 0.29) is 11.4 Å². The lowest BCUT2D eigenvalue weighted by Crippen LogP contribution is -2.25. The van der Waals surface area contributed by atoms with Crippen LogP contribution in [0, 0.1) is 5.92 Å². The van der Waals surface area contributed by atoms with Crippen LogP contribution in [0.4, 0.5) is 8.78 Å². The van der Waals surface area contributed by atoms with Gasteiger partial charge in [0.05, 0.1) is 0 Å². The van der Waals surface area contributed by atoms with Crippen molar-refractivity contribution < 1.29 is 18.3 Å². The molecule has 1 atom stereocenters. The molecule has 0 bridgehead atoms. The summed E-state index contributed by atoms with van der Waals surface area (Å²) in [5.74, 6) is 0.151. The number of alkyl halides is 2. The van der Waals surface area contributed by atoms with Crippen molar-refractivity contribution in [2.24, 2.45) is 5.92 Å². The summed E-state index contributed by atoms with van der Waals surface area (Å²) in [6.07, 6.45) is 0.288. The number of halogens is 2. The Morgan fingerprint density at radius 2 is 2.47 bits per heavy atom. The minimum atomic E-state index is -2.64. The minimum Gasteiger partial charge on any atom is -0.381 e. The van der Waals surface area contributed by atoms with Crippen molar-refractivity contribution in [2.75, 3.05) is 19.8 Å². The summed E-state index contributed by atoms with van der Waals surface area (Å²) in [6.45, 7) is 2.14. The molecule has 1 aromatic rings. The largest absolute Gasteiger partial charge is 0.381 e. The number of carbonyl (C=O) groups excluding carboxylic acids is 1. The zero-order valence-corrected chi connectivity index (χ0v) is 10.5. The molecule has 1 aromatic heterocycles. The van der Waals surface area contributed by atoms with Crippen LogP contribution >= 0.6 is 0 Å². The molecule has 2 rings (SSSR count). The maximum absolute atomic E-state index is 12.3. The monoisotopic (exact) mass is 273 g/mol. The molecule has 2 N–H and O–H groups in total. The SMILES string of the molecule is O=C(NCCC[C@H]1CCOC1)c1cc(C(F)F)[nH]n1. The van der Waals surface area contributed by atoms with Gasteiger partial charge in [-0.1, -0.05) is 0 Å². The van der Waals surface area contributed by atoms with E-state index in [1.54, 1.807) is 0 Å². The Morgan fingerprint density at radius 3 is 3.11 bits per heavy atom. The molecule has 0 radical (unpaired) electrons. The van der Waals surface area contributed by atoms with Gasteiger partial charge in [0.15, 0.2) is 0 Å². The Balaban J connectivity index is 1.68. The molecule has 19 heavy (non-hydrogen) atoms. The summed E-state index contributed by atoms with van der Waals surface area (Å²) >= 11 is 0. The lowest BCUT2D eigenvalue weighted by molar-refractivity contribution is 0.0947. The summed E-state index contributed by atoms with van der Waals surface area (Å²) in [7, 11) is 0. The third kappa shape index (κ3) is 3.99. The Morgan fingerprint density at radius 1 is 1.63 bits per heavy atom. The van der Waals surface area contributed by atoms with E-state index in [9.17, 15) is 13.6 Å². The van der Waals surface area contributed by atoms with Gasteiger partial charge in [-0.15, -0.1) is 0 Å². The average molecular weight is 273 g/mol. The number of ether oxygens (including phenoxy) is 1. The van der Waals surface area contributed by atoms with Gasteiger partial charge in [-0.05, 0) is 31.2 Å². The number of amides is 1. The van der Waals surface area contributed by atoms with E-state index < -0.39 is 12.3 Å². The summed E-state index contributed by atoms with van der Waals surface area (Å²) in [4.78, 5) is 11.6. The van der Waals surface area contributed by atoms with E-state index >= 15 is 0 Å². The summed E-state index contributed by atoms with van der Waals surface area (Å²) in [6, 6.07) is 1.07. The van der Waals surface area contributed by atoms with E-state index in [1.807, 2.05) is 0 Å². The fourth-order valence-electron chi connectivity index (χ4n) is 2.06. The van der Waals surface area contributed by atoms with E-state index in [1.165, 1.54) is 0 Å². The van der Waals surface area contributed by atoms with Crippen molar-refractivity contribution >= 4 is 5.91 Å². The van der Waals surface area contributed by atoms with Gasteiger partial charge in [-0.2, -0.15) is 5.10 Å². The number of nitrogens with one attached hydrogen (secondary N) is 2. The molecule has 0 aromatic carbocycles. The number of aromatic nitrogens is 2. The van der Waals surface area contributed by atoms with Crippen LogP contribution < -0.4 is 5.32 Å². The topological polar surface area (TPSA) is 67.0 Å². The van der Waals surface area contributed by atoms with Crippen LogP contribution in [0.15, 0.2) is 6.07 Å². The minimum absolute atomic E-state index is 0.000463. The molecule has 0 aliphatic carbocycles. The molecule has 1 saturated heterocycles. The predicted octanol–water partition coefficient (Wildman–Crippen LogP) is 1.89. The van der Waals surface area contributed by atoms with E-state index in [0.717, 1.165) is 38.5 Å². The van der Waals surface area contributed by atoms with Crippen molar-refractivity contribution in [3.63, 3.8) is 0 Å². The number of nitrogens with zero attached hydrogens (tertiary/aromatic N) is 1. The molecule has 1 fully saturated rings. The van der Waals surface area contributed by atoms with Crippen molar-refractivity contribution in [2.45, 2.75) is 25.7 Å². The first-order chi connectivity index (χ1) is 9.16. The maximum Gasteiger partial charge on any atom is 0.279 e. The Labute approximate surface area is 109 Å². The Bertz CT molecular complexity index is 417. The molecule has 1 aliphatic heterocycles. The van der Waals surface area contributed by atoms with Gasteiger partial charge >= 0.3 is 0 Å². The number of hydrogen-bond acceptors (Lipinski definition) is 3. The van der Waals surface area contributed by atoms with Crippen LogP contribution in [-0.2, 0) is 4.74 Å². The molecule has 0 spiro atoms. The molecule has 1 aliphatic rings. The molecule has 0 saturated carbocycles. The van der Waals surface area contributed by atoms with Crippen molar-refractivity contribution in [1.82, 2.24) is 15.5 Å². The molecular formula is C12H17F2N3O2. The van der Waals surface area contributed by atoms with Crippen LogP contribution in [0.5, 0.6) is 0 Å². The number of rotatable bonds is 6. The zero-order valence-electron chi connectivity index (χ0n) is 10.5. The van der Waals surface area contributed by atoms with Crippen LogP contribution in [0.2, 0.25) is 0 Å². The normalized spacial score (nSPS) is 19.0. The summed E-state index contributed by atoms with van der Waals surface area (Å²) < 4.78 is 29.9. The van der Waals surface area contributed by atoms with E-state index in [2.05, 4.69) is 15.5 Å². The highest BCUT2D eigenvalue weighted by Crippen LogP contribution is 2.18. The summed E-state index contributed by atoms with van der Waals surface area (Å²) in [5.41, 5.74) is -0.340. The zero-order chi connectivity index (χ0) is 13.7. The van der Waals surface area contributed by atoms with Gasteiger partial charge in [-0.25, -0.2) is 8.78 Å². The van der Waals surface area contributed by atoms with E-state index in [0.29, 0.717) is 12.5 Å². The van der Waals surface area contributed by atoms with Crippen LogP contribution in [0.1, 0.15) is 41.9 Å². The number of aromatic amines is 1. The molecular weight excluding hydrogens is 256 g/mol. The van der Waals surface area contributed by atoms with Crippen LogP contribution in [0.25, 0.3) is 0 Å². The second-order valence-corrected chi connectivity index (χ2v) is 4.64. The quantitative estimate of drug-likeness (QED) is 0.778. The highest BCUT2D eigenvalue weighted by atomic mass is 19.3. The third-order valence-corrected chi connectivity index (χ3v) is 3.16. The molecule has 5 nitrogen and oxygen atoms in total. The fourth-order valence-corrected chi connectivity index (χ4v) is 2.06. The molecule has 0 unspecified atom stereocenters. The number of hydrogen-bond donors (Lipinski definition) is 2. The molecule has 7 heteroatoms. The molecule has 2 heterocycles. The second kappa shape index (κ2) is 6.60. The van der Waals surface area contributed by atoms with Gasteiger partial charge in [0, 0.05) is 19.8 Å². The first kappa shape index (κ1) is 13.9. The van der Waals surface area contributed by atoms with Gasteiger partial charge in [0.1, 0.15) is 11.4 Å². The van der Waals surface area contributed by atoms with Crippen LogP contribution in [0.3, 0.4) is 0 Å². The van der Waals surface area contributed by atoms with E-state index in [4.69, 9.17) is 4.74 Å². The fraction of sp³-hybridized carbons (Fsp3) is 0.667. The molecule has 1 amide bonds. The standard InChI is InChI=1S/C12H17F2N3O2/c13-11(14)9-6-10(17-16-9)12(18)15-4-1-2-8-3-5-19-7-8/h6,8,11H,1-5,7H2,(H,15,18)(H,16,17)/t8-/m0/s1. The first-order valence-corrected chi connectivity index (χ1v) is 6.36. The highest BCUT2D eigenvalue weighted by Gasteiger charge is 2.17. The van der Waals surface area contributed by atoms with Gasteiger partial charge in [-0.3, -0.25) is 9.89 Å². The Kier molecular flexibility index (Phi) is 4.84. The lowest BCUT2D eigenvalue weighted by atomic mass is 10.0. The molecule has 106 valence electrons. The second-order valence-electron chi connectivity index (χ2n) is 4.64. The maximum atomic E-state index is 12.3. The van der Waals surface area contributed by atoms with Crippen LogP contribution in [-0.4, -0.2) is 35.9 Å². The smallest absolute Gasteiger partial charge is 0.279 e. The predicted molar refractivity (Wildman–Crippen MR) is 64.0 cm³/mol. The van der Waals surface area contributed by atoms with Gasteiger partial charge in [0.25, 0.3) is 12.3 Å². The Hall–Kier alpha value is -1.50. The number of H-pyrrole nitrogens is 1. The summed E-state index contributed by atoms with van der Waals surface area (Å²) in [5, 5.41) is 8.37. The van der Waals surface area contributed by atoms with Gasteiger partial charge < -0.3 is 10.1 Å². The average Bonchev–Trinajstić information content (AvgIpc) is 3.05. The first-order valence-electron chi connectivity index (χ1n) is 6.36. The van der Waals surface area contributed by atoms with Gasteiger partial charge in [0.2, 0.25) is 0 Å². The van der Waals surface area contributed by atoms with Crippen molar-refractivity contribution in [3.8, 4) is 0 Å². The highest BCUT2D eigenvalue weighted by molar-refractivity contribution is 5.92. The third-order valence-electron chi connectivity index (χ3n) is 3.16. The van der Waals surface area contributed by atoms with Crippen molar-refractivity contribution in [3.05, 3.63) is 17.5 Å².